The molecule has 5 rings (SSSR count). The van der Waals surface area contributed by atoms with Crippen molar-refractivity contribution < 1.29 is 9.53 Å². The van der Waals surface area contributed by atoms with E-state index in [1.165, 1.54) is 11.3 Å². The molecule has 6 nitrogen and oxygen atoms in total. The average Bonchev–Trinajstić information content (AvgIpc) is 3.20. The fraction of sp³-hybridized carbons (Fsp3) is 0.167. The van der Waals surface area contributed by atoms with Crippen LogP contribution >= 0.6 is 22.9 Å². The molecule has 0 saturated carbocycles. The highest BCUT2D eigenvalue weighted by molar-refractivity contribution is 7.07. The Morgan fingerprint density at radius 3 is 2.53 bits per heavy atom. The number of carbonyl (C=O) groups excluding carboxylic acids is 1. The van der Waals surface area contributed by atoms with Gasteiger partial charge in [-0.05, 0) is 62.2 Å². The van der Waals surface area contributed by atoms with Crippen molar-refractivity contribution in [3.63, 3.8) is 0 Å². The first-order valence-electron chi connectivity index (χ1n) is 12.2. The number of halogens is 1. The summed E-state index contributed by atoms with van der Waals surface area (Å²) in [6.07, 6.45) is 1.79. The van der Waals surface area contributed by atoms with E-state index in [2.05, 4.69) is 5.32 Å². The summed E-state index contributed by atoms with van der Waals surface area (Å²) >= 11 is 7.66. The molecule has 1 aliphatic heterocycles. The zero-order valence-electron chi connectivity index (χ0n) is 21.2. The molecule has 2 heterocycles. The Balaban J connectivity index is 1.64. The minimum Gasteiger partial charge on any atom is -0.492 e. The number of allylic oxidation sites excluding steroid dienone is 1. The molecule has 8 heteroatoms. The number of hydrogen-bond acceptors (Lipinski definition) is 5. The lowest BCUT2D eigenvalue weighted by molar-refractivity contribution is -0.113. The van der Waals surface area contributed by atoms with Gasteiger partial charge in [-0.25, -0.2) is 4.99 Å². The van der Waals surface area contributed by atoms with Crippen LogP contribution in [0.3, 0.4) is 0 Å². The summed E-state index contributed by atoms with van der Waals surface area (Å²) in [5.74, 6) is 0.299. The Bertz CT molecular complexity index is 1720. The second-order valence-electron chi connectivity index (χ2n) is 8.94. The van der Waals surface area contributed by atoms with Gasteiger partial charge in [0.05, 0.1) is 33.5 Å². The van der Waals surface area contributed by atoms with Crippen molar-refractivity contribution in [2.75, 3.05) is 11.9 Å². The van der Waals surface area contributed by atoms with Crippen LogP contribution in [0.25, 0.3) is 6.08 Å². The van der Waals surface area contributed by atoms with Gasteiger partial charge in [-0.3, -0.25) is 14.2 Å². The van der Waals surface area contributed by atoms with Crippen molar-refractivity contribution in [1.29, 1.82) is 0 Å². The molecule has 1 amide bonds. The molecule has 192 valence electrons. The van der Waals surface area contributed by atoms with E-state index < -0.39 is 6.04 Å². The number of anilines is 1. The number of benzene rings is 3. The number of nitrogens with zero attached hydrogens (tertiary/aromatic N) is 2. The summed E-state index contributed by atoms with van der Waals surface area (Å²) in [5.41, 5.74) is 4.15. The highest BCUT2D eigenvalue weighted by Gasteiger charge is 2.32. The lowest BCUT2D eigenvalue weighted by atomic mass is 9.94. The fourth-order valence-electron chi connectivity index (χ4n) is 4.43. The Morgan fingerprint density at radius 2 is 1.84 bits per heavy atom. The molecule has 1 atom stereocenters. The number of fused-ring (bicyclic) bond motifs is 1. The smallest absolute Gasteiger partial charge is 0.271 e. The van der Waals surface area contributed by atoms with Crippen LogP contribution in [0, 0.1) is 6.92 Å². The first-order valence-corrected chi connectivity index (χ1v) is 13.4. The van der Waals surface area contributed by atoms with Gasteiger partial charge in [0.15, 0.2) is 4.80 Å². The zero-order chi connectivity index (χ0) is 26.8. The van der Waals surface area contributed by atoms with Crippen LogP contribution in [-0.4, -0.2) is 17.1 Å². The third-order valence-corrected chi connectivity index (χ3v) is 7.52. The summed E-state index contributed by atoms with van der Waals surface area (Å²) in [4.78, 5) is 32.7. The summed E-state index contributed by atoms with van der Waals surface area (Å²) < 4.78 is 7.64. The highest BCUT2D eigenvalue weighted by atomic mass is 35.5. The van der Waals surface area contributed by atoms with Crippen LogP contribution in [0.5, 0.6) is 5.75 Å². The summed E-state index contributed by atoms with van der Waals surface area (Å²) in [7, 11) is 0. The van der Waals surface area contributed by atoms with E-state index in [9.17, 15) is 9.59 Å². The van der Waals surface area contributed by atoms with Gasteiger partial charge in [0.1, 0.15) is 5.75 Å². The second-order valence-corrected chi connectivity index (χ2v) is 10.4. The number of thiazole rings is 1. The number of aromatic nitrogens is 1. The molecular weight excluding hydrogens is 518 g/mol. The largest absolute Gasteiger partial charge is 0.492 e. The molecule has 1 aliphatic rings. The first kappa shape index (κ1) is 25.7. The van der Waals surface area contributed by atoms with Gasteiger partial charge in [0.2, 0.25) is 0 Å². The third-order valence-electron chi connectivity index (χ3n) is 6.24. The number of ether oxygens (including phenoxy) is 1. The van der Waals surface area contributed by atoms with Crippen LogP contribution < -0.4 is 24.9 Å². The van der Waals surface area contributed by atoms with Gasteiger partial charge in [-0.2, -0.15) is 0 Å². The van der Waals surface area contributed by atoms with Gasteiger partial charge in [0.25, 0.3) is 11.5 Å². The monoisotopic (exact) mass is 543 g/mol. The van der Waals surface area contributed by atoms with E-state index in [1.807, 2.05) is 81.4 Å². The van der Waals surface area contributed by atoms with Crippen LogP contribution in [0.15, 0.2) is 93.9 Å². The highest BCUT2D eigenvalue weighted by Crippen LogP contribution is 2.31. The molecular formula is C30H26ClN3O3S. The van der Waals surface area contributed by atoms with Crippen molar-refractivity contribution in [1.82, 2.24) is 4.57 Å². The molecule has 1 N–H and O–H groups in total. The van der Waals surface area contributed by atoms with Gasteiger partial charge in [-0.1, -0.05) is 77.0 Å². The maximum atomic E-state index is 13.8. The number of hydrogen-bond donors (Lipinski definition) is 1. The molecule has 3 aromatic carbocycles. The molecule has 0 radical (unpaired) electrons. The molecule has 1 aromatic heterocycles. The van der Waals surface area contributed by atoms with E-state index in [0.29, 0.717) is 43.7 Å². The summed E-state index contributed by atoms with van der Waals surface area (Å²) in [6.45, 7) is 6.22. The van der Waals surface area contributed by atoms with Gasteiger partial charge >= 0.3 is 0 Å². The standard InChI is InChI=1S/C30H26ClN3O3S/c1-4-37-24-15-12-20(16-23(24)31)17-25-29(36)34-27(21-13-10-18(2)11-14-21)26(19(3)32-30(34)38-25)28(35)33-22-8-6-5-7-9-22/h5-17,27H,4H2,1-3H3,(H,33,35)/b25-17-/t27-/m1/s1. The molecule has 0 unspecified atom stereocenters. The van der Waals surface area contributed by atoms with E-state index >= 15 is 0 Å². The van der Waals surface area contributed by atoms with Crippen LogP contribution in [0.4, 0.5) is 5.69 Å². The van der Waals surface area contributed by atoms with Gasteiger partial charge in [-0.15, -0.1) is 0 Å². The van der Waals surface area contributed by atoms with Gasteiger partial charge < -0.3 is 10.1 Å². The first-order chi connectivity index (χ1) is 18.4. The minimum atomic E-state index is -0.623. The lowest BCUT2D eigenvalue weighted by Crippen LogP contribution is -2.40. The molecule has 0 spiro atoms. The SMILES string of the molecule is CCOc1ccc(/C=c2\sc3n(c2=O)[C@H](c2ccc(C)cc2)C(C(=O)Nc2ccccc2)=C(C)N=3)cc1Cl. The maximum absolute atomic E-state index is 13.8. The fourth-order valence-corrected chi connectivity index (χ4v) is 5.72. The predicted molar refractivity (Wildman–Crippen MR) is 153 cm³/mol. The van der Waals surface area contributed by atoms with Crippen molar-refractivity contribution in [3.8, 4) is 5.75 Å². The molecule has 0 fully saturated rings. The number of aryl methyl sites for hydroxylation is 1. The maximum Gasteiger partial charge on any atom is 0.271 e. The second kappa shape index (κ2) is 10.8. The summed E-state index contributed by atoms with van der Waals surface area (Å²) in [6, 6.07) is 21.9. The van der Waals surface area contributed by atoms with Crippen LogP contribution in [0.2, 0.25) is 5.02 Å². The molecule has 4 aromatic rings. The Labute approximate surface area is 229 Å². The average molecular weight is 544 g/mol. The normalized spacial score (nSPS) is 15.2. The van der Waals surface area contributed by atoms with Gasteiger partial charge in [0, 0.05) is 5.69 Å². The van der Waals surface area contributed by atoms with Crippen molar-refractivity contribution in [2.24, 2.45) is 4.99 Å². The number of carbonyl (C=O) groups is 1. The molecule has 0 bridgehead atoms. The van der Waals surface area contributed by atoms with Crippen molar-refractivity contribution in [3.05, 3.63) is 125 Å². The number of amides is 1. The third kappa shape index (κ3) is 5.08. The quantitative estimate of drug-likeness (QED) is 0.362. The van der Waals surface area contributed by atoms with Crippen molar-refractivity contribution >= 4 is 40.6 Å². The minimum absolute atomic E-state index is 0.221. The van der Waals surface area contributed by atoms with Crippen LogP contribution in [-0.2, 0) is 4.79 Å². The van der Waals surface area contributed by atoms with Crippen LogP contribution in [0.1, 0.15) is 36.6 Å². The number of nitrogens with one attached hydrogen (secondary N) is 1. The zero-order valence-corrected chi connectivity index (χ0v) is 22.8. The lowest BCUT2D eigenvalue weighted by Gasteiger charge is -2.25. The predicted octanol–water partition coefficient (Wildman–Crippen LogP) is 5.23. The van der Waals surface area contributed by atoms with E-state index in [-0.39, 0.29) is 11.5 Å². The topological polar surface area (TPSA) is 72.7 Å². The van der Waals surface area contributed by atoms with E-state index in [4.69, 9.17) is 21.3 Å². The Morgan fingerprint density at radius 1 is 1.11 bits per heavy atom. The van der Waals surface area contributed by atoms with Crippen molar-refractivity contribution in [2.45, 2.75) is 26.8 Å². The molecule has 0 saturated heterocycles. The Hall–Kier alpha value is -3.94. The Kier molecular flexibility index (Phi) is 7.31. The summed E-state index contributed by atoms with van der Waals surface area (Å²) in [5, 5.41) is 3.44. The number of rotatable bonds is 6. The molecule has 38 heavy (non-hydrogen) atoms. The van der Waals surface area contributed by atoms with E-state index in [1.54, 1.807) is 22.8 Å². The number of para-hydroxylation sites is 1. The van der Waals surface area contributed by atoms with E-state index in [0.717, 1.165) is 16.7 Å². The molecule has 0 aliphatic carbocycles.